The van der Waals surface area contributed by atoms with Crippen LogP contribution < -0.4 is 16.6 Å². The Labute approximate surface area is 129 Å². The second-order valence-electron chi connectivity index (χ2n) is 4.46. The van der Waals surface area contributed by atoms with E-state index in [1.54, 1.807) is 25.3 Å². The molecule has 0 aromatic carbocycles. The highest BCUT2D eigenvalue weighted by molar-refractivity contribution is 7.13. The van der Waals surface area contributed by atoms with Crippen LogP contribution in [0, 0.1) is 18.3 Å². The van der Waals surface area contributed by atoms with Gasteiger partial charge in [-0.2, -0.15) is 5.26 Å². The number of carbonyl (C=O) groups is 1. The Bertz CT molecular complexity index is 871. The number of nitrogens with zero attached hydrogens (tertiary/aromatic N) is 4. The van der Waals surface area contributed by atoms with Crippen molar-refractivity contribution in [3.63, 3.8) is 0 Å². The van der Waals surface area contributed by atoms with E-state index < -0.39 is 23.7 Å². The zero-order valence-electron chi connectivity index (χ0n) is 12.0. The van der Waals surface area contributed by atoms with Crippen molar-refractivity contribution in [2.24, 2.45) is 0 Å². The molecule has 0 aliphatic rings. The molecule has 0 spiro atoms. The lowest BCUT2D eigenvalue weighted by Gasteiger charge is -2.08. The Hall–Kier alpha value is -2.73. The molecule has 2 rings (SSSR count). The maximum absolute atomic E-state index is 12.1. The van der Waals surface area contributed by atoms with Crippen LogP contribution in [0.15, 0.2) is 21.2 Å². The minimum absolute atomic E-state index is 0.181. The summed E-state index contributed by atoms with van der Waals surface area (Å²) >= 11 is 1.25. The number of thiazole rings is 1. The maximum atomic E-state index is 12.1. The Balaban J connectivity index is 2.33. The molecule has 0 aliphatic heterocycles. The third-order valence-electron chi connectivity index (χ3n) is 2.87. The molecule has 0 atom stereocenters. The molecule has 0 fully saturated rings. The van der Waals surface area contributed by atoms with Gasteiger partial charge in [-0.1, -0.05) is 0 Å². The summed E-state index contributed by atoms with van der Waals surface area (Å²) in [6.07, 6.45) is 1.20. The molecule has 0 bridgehead atoms. The number of carbonyl (C=O) groups excluding carboxylic acids is 1. The van der Waals surface area contributed by atoms with Gasteiger partial charge in [0.15, 0.2) is 5.13 Å². The van der Waals surface area contributed by atoms with Crippen molar-refractivity contribution in [1.82, 2.24) is 14.1 Å². The van der Waals surface area contributed by atoms with E-state index in [2.05, 4.69) is 10.3 Å². The molecule has 2 aromatic rings. The molecular formula is C13H13N5O3S. The fourth-order valence-electron chi connectivity index (χ4n) is 1.81. The number of amides is 1. The predicted molar refractivity (Wildman–Crippen MR) is 80.8 cm³/mol. The zero-order valence-corrected chi connectivity index (χ0v) is 12.8. The van der Waals surface area contributed by atoms with E-state index in [1.807, 2.05) is 0 Å². The highest BCUT2D eigenvalue weighted by atomic mass is 32.1. The number of hydrogen-bond acceptors (Lipinski definition) is 6. The number of aryl methyl sites for hydroxylation is 2. The molecule has 114 valence electrons. The standard InChI is InChI=1S/C13H13N5O3S/c1-3-17-5-9(4-14)11(20)18(13(17)21)6-10(19)16-12-15-8(2)7-22-12/h5,7H,3,6H2,1-2H3,(H,15,16,19). The molecule has 8 nitrogen and oxygen atoms in total. The number of hydrogen-bond donors (Lipinski definition) is 1. The average Bonchev–Trinajstić information content (AvgIpc) is 2.89. The Kier molecular flexibility index (Phi) is 4.53. The van der Waals surface area contributed by atoms with Crippen molar-refractivity contribution in [3.8, 4) is 6.07 Å². The third-order valence-corrected chi connectivity index (χ3v) is 3.74. The van der Waals surface area contributed by atoms with Crippen LogP contribution in [0.5, 0.6) is 0 Å². The smallest absolute Gasteiger partial charge is 0.300 e. The first-order chi connectivity index (χ1) is 10.5. The molecule has 0 saturated heterocycles. The maximum Gasteiger partial charge on any atom is 0.331 e. The van der Waals surface area contributed by atoms with Crippen LogP contribution in [-0.2, 0) is 17.9 Å². The highest BCUT2D eigenvalue weighted by Crippen LogP contribution is 2.13. The average molecular weight is 319 g/mol. The van der Waals surface area contributed by atoms with Crippen LogP contribution in [0.2, 0.25) is 0 Å². The van der Waals surface area contributed by atoms with Gasteiger partial charge in [0.1, 0.15) is 18.2 Å². The Morgan fingerprint density at radius 1 is 1.50 bits per heavy atom. The van der Waals surface area contributed by atoms with Gasteiger partial charge >= 0.3 is 5.69 Å². The zero-order chi connectivity index (χ0) is 16.3. The van der Waals surface area contributed by atoms with Gasteiger partial charge in [0, 0.05) is 18.1 Å². The summed E-state index contributed by atoms with van der Waals surface area (Å²) in [7, 11) is 0. The summed E-state index contributed by atoms with van der Waals surface area (Å²) in [4.78, 5) is 40.1. The van der Waals surface area contributed by atoms with Gasteiger partial charge in [0.05, 0.1) is 5.69 Å². The largest absolute Gasteiger partial charge is 0.331 e. The molecule has 0 saturated carbocycles. The molecule has 1 amide bonds. The van der Waals surface area contributed by atoms with Crippen molar-refractivity contribution in [2.75, 3.05) is 5.32 Å². The van der Waals surface area contributed by atoms with Gasteiger partial charge in [-0.25, -0.2) is 14.3 Å². The van der Waals surface area contributed by atoms with Crippen LogP contribution in [0.1, 0.15) is 18.2 Å². The van der Waals surface area contributed by atoms with Gasteiger partial charge in [-0.3, -0.25) is 14.2 Å². The molecule has 2 heterocycles. The fraction of sp³-hybridized carbons (Fsp3) is 0.308. The predicted octanol–water partition coefficient (Wildman–Crippen LogP) is 0.305. The van der Waals surface area contributed by atoms with E-state index in [1.165, 1.54) is 22.1 Å². The summed E-state index contributed by atoms with van der Waals surface area (Å²) in [5, 5.41) is 13.6. The van der Waals surface area contributed by atoms with Gasteiger partial charge in [0.2, 0.25) is 5.91 Å². The first kappa shape index (κ1) is 15.7. The van der Waals surface area contributed by atoms with E-state index >= 15 is 0 Å². The molecule has 1 N–H and O–H groups in total. The number of nitriles is 1. The van der Waals surface area contributed by atoms with Crippen molar-refractivity contribution in [3.05, 3.63) is 43.7 Å². The van der Waals surface area contributed by atoms with Crippen LogP contribution in [0.25, 0.3) is 0 Å². The summed E-state index contributed by atoms with van der Waals surface area (Å²) in [5.74, 6) is -0.550. The lowest BCUT2D eigenvalue weighted by molar-refractivity contribution is -0.116. The lowest BCUT2D eigenvalue weighted by Crippen LogP contribution is -2.43. The minimum Gasteiger partial charge on any atom is -0.300 e. The van der Waals surface area contributed by atoms with Gasteiger partial charge in [-0.15, -0.1) is 11.3 Å². The first-order valence-corrected chi connectivity index (χ1v) is 7.30. The summed E-state index contributed by atoms with van der Waals surface area (Å²) in [5.41, 5.74) is -0.823. The van der Waals surface area contributed by atoms with E-state index in [4.69, 9.17) is 5.26 Å². The number of anilines is 1. The number of rotatable bonds is 4. The van der Waals surface area contributed by atoms with Crippen molar-refractivity contribution >= 4 is 22.4 Å². The normalized spacial score (nSPS) is 10.2. The number of nitrogens with one attached hydrogen (secondary N) is 1. The molecule has 22 heavy (non-hydrogen) atoms. The molecule has 0 aliphatic carbocycles. The minimum atomic E-state index is -0.775. The second-order valence-corrected chi connectivity index (χ2v) is 5.31. The summed E-state index contributed by atoms with van der Waals surface area (Å²) in [6, 6.07) is 1.73. The lowest BCUT2D eigenvalue weighted by atomic mass is 10.3. The molecule has 0 unspecified atom stereocenters. The summed E-state index contributed by atoms with van der Waals surface area (Å²) in [6.45, 7) is 3.32. The Morgan fingerprint density at radius 3 is 2.77 bits per heavy atom. The topological polar surface area (TPSA) is 110 Å². The van der Waals surface area contributed by atoms with Gasteiger partial charge < -0.3 is 5.32 Å². The van der Waals surface area contributed by atoms with Crippen molar-refractivity contribution in [2.45, 2.75) is 26.9 Å². The van der Waals surface area contributed by atoms with E-state index in [-0.39, 0.29) is 5.56 Å². The first-order valence-electron chi connectivity index (χ1n) is 6.42. The fourth-order valence-corrected chi connectivity index (χ4v) is 2.51. The number of aromatic nitrogens is 3. The molecular weight excluding hydrogens is 306 g/mol. The third kappa shape index (κ3) is 3.12. The van der Waals surface area contributed by atoms with Crippen molar-refractivity contribution in [1.29, 1.82) is 5.26 Å². The van der Waals surface area contributed by atoms with Gasteiger partial charge in [-0.05, 0) is 13.8 Å². The molecule has 0 radical (unpaired) electrons. The van der Waals surface area contributed by atoms with Crippen LogP contribution >= 0.6 is 11.3 Å². The molecule has 9 heteroatoms. The quantitative estimate of drug-likeness (QED) is 0.872. The Morgan fingerprint density at radius 2 is 2.23 bits per heavy atom. The van der Waals surface area contributed by atoms with Gasteiger partial charge in [0.25, 0.3) is 5.56 Å². The van der Waals surface area contributed by atoms with E-state index in [0.29, 0.717) is 11.7 Å². The van der Waals surface area contributed by atoms with Crippen LogP contribution in [0.3, 0.4) is 0 Å². The monoisotopic (exact) mass is 319 g/mol. The van der Waals surface area contributed by atoms with Crippen molar-refractivity contribution < 1.29 is 4.79 Å². The highest BCUT2D eigenvalue weighted by Gasteiger charge is 2.14. The van der Waals surface area contributed by atoms with E-state index in [0.717, 1.165) is 10.3 Å². The SMILES string of the molecule is CCn1cc(C#N)c(=O)n(CC(=O)Nc2nc(C)cs2)c1=O. The summed E-state index contributed by atoms with van der Waals surface area (Å²) < 4.78 is 1.96. The van der Waals surface area contributed by atoms with E-state index in [9.17, 15) is 14.4 Å². The van der Waals surface area contributed by atoms with Crippen LogP contribution in [-0.4, -0.2) is 20.0 Å². The van der Waals surface area contributed by atoms with Crippen LogP contribution in [0.4, 0.5) is 5.13 Å². The molecule has 2 aromatic heterocycles. The second kappa shape index (κ2) is 6.36.